The standard InChI is InChI=1S/C15H20N2/c1-10(2)14-13(12-8-6-5-7-9-12)15(11(3)4)17-16-14/h5-11H,1-4H3,(H,16,17). The molecular formula is C15H20N2. The maximum atomic E-state index is 4.49. The van der Waals surface area contributed by atoms with Crippen LogP contribution in [0, 0.1) is 0 Å². The first-order chi connectivity index (χ1) is 8.11. The largest absolute Gasteiger partial charge is 0.281 e. The van der Waals surface area contributed by atoms with Crippen LogP contribution in [0.4, 0.5) is 0 Å². The maximum Gasteiger partial charge on any atom is 0.0728 e. The van der Waals surface area contributed by atoms with Crippen molar-refractivity contribution in [2.45, 2.75) is 39.5 Å². The van der Waals surface area contributed by atoms with Gasteiger partial charge in [0.05, 0.1) is 5.69 Å². The van der Waals surface area contributed by atoms with E-state index in [1.54, 1.807) is 0 Å². The van der Waals surface area contributed by atoms with Crippen molar-refractivity contribution < 1.29 is 0 Å². The van der Waals surface area contributed by atoms with E-state index in [0.717, 1.165) is 0 Å². The number of nitrogens with one attached hydrogen (secondary N) is 1. The van der Waals surface area contributed by atoms with E-state index in [4.69, 9.17) is 0 Å². The fourth-order valence-corrected chi connectivity index (χ4v) is 2.11. The number of aromatic nitrogens is 2. The molecule has 1 N–H and O–H groups in total. The van der Waals surface area contributed by atoms with Gasteiger partial charge in [-0.1, -0.05) is 58.0 Å². The van der Waals surface area contributed by atoms with Crippen molar-refractivity contribution in [2.75, 3.05) is 0 Å². The van der Waals surface area contributed by atoms with Gasteiger partial charge < -0.3 is 0 Å². The van der Waals surface area contributed by atoms with Crippen LogP contribution in [0.1, 0.15) is 50.9 Å². The van der Waals surface area contributed by atoms with Crippen LogP contribution >= 0.6 is 0 Å². The van der Waals surface area contributed by atoms with Gasteiger partial charge in [0.15, 0.2) is 0 Å². The number of H-pyrrole nitrogens is 1. The van der Waals surface area contributed by atoms with Gasteiger partial charge in [0.1, 0.15) is 0 Å². The lowest BCUT2D eigenvalue weighted by molar-refractivity contribution is 0.791. The summed E-state index contributed by atoms with van der Waals surface area (Å²) in [5.74, 6) is 0.902. The van der Waals surface area contributed by atoms with Gasteiger partial charge in [-0.15, -0.1) is 0 Å². The zero-order chi connectivity index (χ0) is 12.4. The molecule has 17 heavy (non-hydrogen) atoms. The Bertz CT molecular complexity index is 455. The second kappa shape index (κ2) is 4.74. The van der Waals surface area contributed by atoms with Crippen LogP contribution < -0.4 is 0 Å². The number of rotatable bonds is 3. The zero-order valence-corrected chi connectivity index (χ0v) is 11.0. The van der Waals surface area contributed by atoms with Crippen molar-refractivity contribution in [3.63, 3.8) is 0 Å². The van der Waals surface area contributed by atoms with Crippen LogP contribution in [0.3, 0.4) is 0 Å². The summed E-state index contributed by atoms with van der Waals surface area (Å²) in [4.78, 5) is 0. The molecule has 0 saturated carbocycles. The van der Waals surface area contributed by atoms with Crippen molar-refractivity contribution in [1.29, 1.82) is 0 Å². The maximum absolute atomic E-state index is 4.49. The Hall–Kier alpha value is -1.57. The Morgan fingerprint density at radius 2 is 1.59 bits per heavy atom. The van der Waals surface area contributed by atoms with Crippen LogP contribution in [-0.4, -0.2) is 10.2 Å². The van der Waals surface area contributed by atoms with Crippen molar-refractivity contribution in [3.8, 4) is 11.1 Å². The smallest absolute Gasteiger partial charge is 0.0728 e. The van der Waals surface area contributed by atoms with Gasteiger partial charge in [0.2, 0.25) is 0 Å². The summed E-state index contributed by atoms with van der Waals surface area (Å²) in [5.41, 5.74) is 4.95. The van der Waals surface area contributed by atoms with Crippen LogP contribution in [-0.2, 0) is 0 Å². The van der Waals surface area contributed by atoms with E-state index in [1.165, 1.54) is 22.5 Å². The molecule has 0 aliphatic carbocycles. The third-order valence-electron chi connectivity index (χ3n) is 3.01. The molecule has 0 radical (unpaired) electrons. The van der Waals surface area contributed by atoms with E-state index in [1.807, 2.05) is 6.07 Å². The summed E-state index contributed by atoms with van der Waals surface area (Å²) in [7, 11) is 0. The Kier molecular flexibility index (Phi) is 3.32. The summed E-state index contributed by atoms with van der Waals surface area (Å²) in [5, 5.41) is 7.69. The van der Waals surface area contributed by atoms with Gasteiger partial charge in [-0.3, -0.25) is 5.10 Å². The summed E-state index contributed by atoms with van der Waals surface area (Å²) in [6.07, 6.45) is 0. The van der Waals surface area contributed by atoms with Crippen LogP contribution in [0.2, 0.25) is 0 Å². The average molecular weight is 228 g/mol. The topological polar surface area (TPSA) is 28.7 Å². The molecular weight excluding hydrogens is 208 g/mol. The lowest BCUT2D eigenvalue weighted by Gasteiger charge is -2.10. The molecule has 0 atom stereocenters. The second-order valence-corrected chi connectivity index (χ2v) is 5.07. The van der Waals surface area contributed by atoms with Crippen molar-refractivity contribution in [1.82, 2.24) is 10.2 Å². The molecule has 2 rings (SSSR count). The zero-order valence-electron chi connectivity index (χ0n) is 11.0. The first-order valence-corrected chi connectivity index (χ1v) is 6.24. The number of hydrogen-bond donors (Lipinski definition) is 1. The second-order valence-electron chi connectivity index (χ2n) is 5.07. The third kappa shape index (κ3) is 2.26. The monoisotopic (exact) mass is 228 g/mol. The van der Waals surface area contributed by atoms with Gasteiger partial charge in [-0.05, 0) is 17.4 Å². The van der Waals surface area contributed by atoms with E-state index in [9.17, 15) is 0 Å². The summed E-state index contributed by atoms with van der Waals surface area (Å²) in [6.45, 7) is 8.77. The van der Waals surface area contributed by atoms with Gasteiger partial charge >= 0.3 is 0 Å². The molecule has 90 valence electrons. The highest BCUT2D eigenvalue weighted by molar-refractivity contribution is 5.69. The Labute approximate surface area is 103 Å². The van der Waals surface area contributed by atoms with E-state index >= 15 is 0 Å². The predicted octanol–water partition coefficient (Wildman–Crippen LogP) is 4.32. The number of nitrogens with zero attached hydrogens (tertiary/aromatic N) is 1. The first-order valence-electron chi connectivity index (χ1n) is 6.24. The summed E-state index contributed by atoms with van der Waals surface area (Å²) >= 11 is 0. The lowest BCUT2D eigenvalue weighted by Crippen LogP contribution is -1.94. The summed E-state index contributed by atoms with van der Waals surface area (Å²) < 4.78 is 0. The molecule has 0 fully saturated rings. The highest BCUT2D eigenvalue weighted by atomic mass is 15.1. The number of aromatic amines is 1. The Morgan fingerprint density at radius 3 is 2.12 bits per heavy atom. The predicted molar refractivity (Wildman–Crippen MR) is 72.2 cm³/mol. The molecule has 0 aliphatic heterocycles. The third-order valence-corrected chi connectivity index (χ3v) is 3.01. The molecule has 0 saturated heterocycles. The van der Waals surface area contributed by atoms with Crippen LogP contribution in [0.25, 0.3) is 11.1 Å². The SMILES string of the molecule is CC(C)c1n[nH]c(C(C)C)c1-c1ccccc1. The minimum atomic E-state index is 0.439. The Balaban J connectivity index is 2.60. The molecule has 0 aliphatic rings. The van der Waals surface area contributed by atoms with Gasteiger partial charge in [-0.2, -0.15) is 5.10 Å². The quantitative estimate of drug-likeness (QED) is 0.832. The van der Waals surface area contributed by atoms with Crippen molar-refractivity contribution >= 4 is 0 Å². The fourth-order valence-electron chi connectivity index (χ4n) is 2.11. The molecule has 2 heteroatoms. The van der Waals surface area contributed by atoms with E-state index in [2.05, 4.69) is 62.2 Å². The van der Waals surface area contributed by atoms with Crippen molar-refractivity contribution in [2.24, 2.45) is 0 Å². The minimum absolute atomic E-state index is 0.439. The van der Waals surface area contributed by atoms with Crippen molar-refractivity contribution in [3.05, 3.63) is 41.7 Å². The van der Waals surface area contributed by atoms with Gasteiger partial charge in [-0.25, -0.2) is 0 Å². The average Bonchev–Trinajstić information content (AvgIpc) is 2.74. The summed E-state index contributed by atoms with van der Waals surface area (Å²) in [6, 6.07) is 10.5. The highest BCUT2D eigenvalue weighted by Gasteiger charge is 2.18. The highest BCUT2D eigenvalue weighted by Crippen LogP contribution is 2.33. The number of benzene rings is 1. The normalized spacial score (nSPS) is 11.4. The molecule has 0 spiro atoms. The van der Waals surface area contributed by atoms with Gasteiger partial charge in [0, 0.05) is 11.3 Å². The minimum Gasteiger partial charge on any atom is -0.281 e. The molecule has 0 amide bonds. The van der Waals surface area contributed by atoms with Gasteiger partial charge in [0.25, 0.3) is 0 Å². The molecule has 1 aromatic heterocycles. The van der Waals surface area contributed by atoms with Crippen LogP contribution in [0.15, 0.2) is 30.3 Å². The van der Waals surface area contributed by atoms with E-state index in [0.29, 0.717) is 11.8 Å². The molecule has 1 aromatic carbocycles. The first kappa shape index (κ1) is 11.9. The molecule has 0 unspecified atom stereocenters. The molecule has 2 nitrogen and oxygen atoms in total. The van der Waals surface area contributed by atoms with E-state index in [-0.39, 0.29) is 0 Å². The molecule has 1 heterocycles. The lowest BCUT2D eigenvalue weighted by atomic mass is 9.94. The fraction of sp³-hybridized carbons (Fsp3) is 0.400. The molecule has 2 aromatic rings. The number of hydrogen-bond acceptors (Lipinski definition) is 1. The Morgan fingerprint density at radius 1 is 0.941 bits per heavy atom. The van der Waals surface area contributed by atoms with E-state index < -0.39 is 0 Å². The van der Waals surface area contributed by atoms with Crippen LogP contribution in [0.5, 0.6) is 0 Å². The molecule has 0 bridgehead atoms.